The summed E-state index contributed by atoms with van der Waals surface area (Å²) in [5.41, 5.74) is 3.78. The Morgan fingerprint density at radius 1 is 1.42 bits per heavy atom. The lowest BCUT2D eigenvalue weighted by molar-refractivity contribution is 0.177. The summed E-state index contributed by atoms with van der Waals surface area (Å²) in [6, 6.07) is 6.54. The summed E-state index contributed by atoms with van der Waals surface area (Å²) in [7, 11) is 0. The molecule has 0 aliphatic carbocycles. The number of fused-ring (bicyclic) bond motifs is 1. The highest BCUT2D eigenvalue weighted by Crippen LogP contribution is 2.22. The number of hydrogen-bond donors (Lipinski definition) is 2. The van der Waals surface area contributed by atoms with E-state index >= 15 is 0 Å². The smallest absolute Gasteiger partial charge is 0.407 e. The molecular weight excluding hydrogens is 240 g/mol. The largest absolute Gasteiger partial charge is 0.447 e. The van der Waals surface area contributed by atoms with E-state index in [1.165, 1.54) is 22.0 Å². The molecule has 1 saturated heterocycles. The molecular formula is C15H18N2O2. The fraction of sp³-hybridized carbons (Fsp3) is 0.400. The van der Waals surface area contributed by atoms with Crippen molar-refractivity contribution in [3.05, 3.63) is 35.5 Å². The number of rotatable bonds is 4. The maximum Gasteiger partial charge on any atom is 0.407 e. The second kappa shape index (κ2) is 4.96. The number of H-pyrrole nitrogens is 1. The number of benzene rings is 1. The number of hydrogen-bond acceptors (Lipinski definition) is 2. The Balaban J connectivity index is 1.83. The maximum atomic E-state index is 11.0. The first-order chi connectivity index (χ1) is 9.26. The van der Waals surface area contributed by atoms with Crippen molar-refractivity contribution in [2.75, 3.05) is 6.61 Å². The molecule has 0 radical (unpaired) electrons. The van der Waals surface area contributed by atoms with E-state index in [0.717, 1.165) is 19.3 Å². The van der Waals surface area contributed by atoms with Crippen LogP contribution in [-0.2, 0) is 17.6 Å². The molecule has 0 bridgehead atoms. The molecule has 19 heavy (non-hydrogen) atoms. The number of carbonyl (C=O) groups excluding carboxylic acids is 1. The number of carbonyl (C=O) groups is 1. The summed E-state index contributed by atoms with van der Waals surface area (Å²) in [6.07, 6.45) is 4.84. The predicted octanol–water partition coefficient (Wildman–Crippen LogP) is 2.77. The molecule has 1 amide bonds. The van der Waals surface area contributed by atoms with E-state index in [-0.39, 0.29) is 12.1 Å². The number of amides is 1. The zero-order valence-corrected chi connectivity index (χ0v) is 11.0. The van der Waals surface area contributed by atoms with Gasteiger partial charge in [-0.25, -0.2) is 4.79 Å². The Morgan fingerprint density at radius 3 is 3.05 bits per heavy atom. The Bertz CT molecular complexity index is 603. The average molecular weight is 258 g/mol. The summed E-state index contributed by atoms with van der Waals surface area (Å²) >= 11 is 0. The topological polar surface area (TPSA) is 54.1 Å². The highest BCUT2D eigenvalue weighted by Gasteiger charge is 2.22. The van der Waals surface area contributed by atoms with Crippen LogP contribution in [0.1, 0.15) is 24.5 Å². The minimum Gasteiger partial charge on any atom is -0.447 e. The van der Waals surface area contributed by atoms with Crippen molar-refractivity contribution in [1.82, 2.24) is 10.3 Å². The molecule has 2 N–H and O–H groups in total. The lowest BCUT2D eigenvalue weighted by Gasteiger charge is -2.07. The van der Waals surface area contributed by atoms with Crippen molar-refractivity contribution < 1.29 is 9.53 Å². The standard InChI is InChI=1S/C15H18N2O2/c1-2-3-11-8-16-14-5-4-10(7-13(11)14)6-12-9-19-15(18)17-12/h4-5,7-8,12,16H,2-3,6,9H2,1H3,(H,17,18). The van der Waals surface area contributed by atoms with Crippen molar-refractivity contribution in [1.29, 1.82) is 0 Å². The molecule has 1 aromatic heterocycles. The first-order valence-corrected chi connectivity index (χ1v) is 6.78. The second-order valence-corrected chi connectivity index (χ2v) is 5.09. The van der Waals surface area contributed by atoms with Gasteiger partial charge in [-0.3, -0.25) is 0 Å². The van der Waals surface area contributed by atoms with Crippen LogP contribution < -0.4 is 5.32 Å². The van der Waals surface area contributed by atoms with E-state index in [0.29, 0.717) is 6.61 Å². The van der Waals surface area contributed by atoms with Crippen LogP contribution >= 0.6 is 0 Å². The average Bonchev–Trinajstić information content (AvgIpc) is 2.97. The van der Waals surface area contributed by atoms with E-state index in [2.05, 4.69) is 41.6 Å². The zero-order valence-electron chi connectivity index (χ0n) is 11.0. The molecule has 3 rings (SSSR count). The Hall–Kier alpha value is -1.97. The Labute approximate surface area is 112 Å². The third-order valence-corrected chi connectivity index (χ3v) is 3.57. The number of aromatic nitrogens is 1. The van der Waals surface area contributed by atoms with Gasteiger partial charge < -0.3 is 15.0 Å². The number of aromatic amines is 1. The summed E-state index contributed by atoms with van der Waals surface area (Å²) in [4.78, 5) is 14.3. The molecule has 1 aliphatic rings. The Morgan fingerprint density at radius 2 is 2.32 bits per heavy atom. The van der Waals surface area contributed by atoms with Crippen LogP contribution in [0, 0.1) is 0 Å². The minimum absolute atomic E-state index is 0.0958. The van der Waals surface area contributed by atoms with Crippen LogP contribution in [-0.4, -0.2) is 23.7 Å². The summed E-state index contributed by atoms with van der Waals surface area (Å²) in [6.45, 7) is 2.65. The van der Waals surface area contributed by atoms with Gasteiger partial charge in [-0.15, -0.1) is 0 Å². The predicted molar refractivity (Wildman–Crippen MR) is 74.3 cm³/mol. The van der Waals surface area contributed by atoms with Gasteiger partial charge in [0, 0.05) is 17.1 Å². The van der Waals surface area contributed by atoms with Crippen molar-refractivity contribution in [3.8, 4) is 0 Å². The fourth-order valence-corrected chi connectivity index (χ4v) is 2.65. The zero-order chi connectivity index (χ0) is 13.2. The first-order valence-electron chi connectivity index (χ1n) is 6.78. The van der Waals surface area contributed by atoms with E-state index in [1.54, 1.807) is 0 Å². The quantitative estimate of drug-likeness (QED) is 0.886. The van der Waals surface area contributed by atoms with E-state index < -0.39 is 0 Å². The molecule has 2 aromatic rings. The molecule has 2 heterocycles. The normalized spacial score (nSPS) is 18.6. The molecule has 1 atom stereocenters. The third-order valence-electron chi connectivity index (χ3n) is 3.57. The number of ether oxygens (including phenoxy) is 1. The molecule has 4 nitrogen and oxygen atoms in total. The SMILES string of the molecule is CCCc1c[nH]c2ccc(CC3COC(=O)N3)cc12. The second-order valence-electron chi connectivity index (χ2n) is 5.09. The van der Waals surface area contributed by atoms with Gasteiger partial charge in [-0.2, -0.15) is 0 Å². The number of cyclic esters (lactones) is 1. The molecule has 1 unspecified atom stereocenters. The van der Waals surface area contributed by atoms with E-state index in [9.17, 15) is 4.79 Å². The minimum atomic E-state index is -0.306. The van der Waals surface area contributed by atoms with Gasteiger partial charge in [0.05, 0.1) is 6.04 Å². The van der Waals surface area contributed by atoms with Crippen LogP contribution in [0.3, 0.4) is 0 Å². The molecule has 1 aromatic carbocycles. The van der Waals surface area contributed by atoms with Crippen LogP contribution in [0.25, 0.3) is 10.9 Å². The summed E-state index contributed by atoms with van der Waals surface area (Å²) in [5.74, 6) is 0. The number of aryl methyl sites for hydroxylation is 1. The van der Waals surface area contributed by atoms with Crippen LogP contribution in [0.2, 0.25) is 0 Å². The van der Waals surface area contributed by atoms with Gasteiger partial charge in [-0.1, -0.05) is 19.4 Å². The number of alkyl carbamates (subject to hydrolysis) is 1. The van der Waals surface area contributed by atoms with Gasteiger partial charge in [0.2, 0.25) is 0 Å². The van der Waals surface area contributed by atoms with Crippen molar-refractivity contribution in [2.24, 2.45) is 0 Å². The van der Waals surface area contributed by atoms with Gasteiger partial charge in [-0.05, 0) is 36.1 Å². The van der Waals surface area contributed by atoms with Gasteiger partial charge in [0.1, 0.15) is 6.61 Å². The fourth-order valence-electron chi connectivity index (χ4n) is 2.65. The van der Waals surface area contributed by atoms with E-state index in [1.807, 2.05) is 0 Å². The van der Waals surface area contributed by atoms with Gasteiger partial charge >= 0.3 is 6.09 Å². The summed E-state index contributed by atoms with van der Waals surface area (Å²) in [5, 5.41) is 4.11. The van der Waals surface area contributed by atoms with Crippen molar-refractivity contribution in [2.45, 2.75) is 32.2 Å². The van der Waals surface area contributed by atoms with Crippen molar-refractivity contribution in [3.63, 3.8) is 0 Å². The van der Waals surface area contributed by atoms with Gasteiger partial charge in [0.25, 0.3) is 0 Å². The molecule has 100 valence electrons. The molecule has 1 fully saturated rings. The maximum absolute atomic E-state index is 11.0. The molecule has 1 aliphatic heterocycles. The van der Waals surface area contributed by atoms with Crippen LogP contribution in [0.5, 0.6) is 0 Å². The van der Waals surface area contributed by atoms with Crippen LogP contribution in [0.4, 0.5) is 4.79 Å². The Kier molecular flexibility index (Phi) is 3.15. The third kappa shape index (κ3) is 2.43. The lowest BCUT2D eigenvalue weighted by Crippen LogP contribution is -2.28. The van der Waals surface area contributed by atoms with Gasteiger partial charge in [0.15, 0.2) is 0 Å². The number of nitrogens with one attached hydrogen (secondary N) is 2. The molecule has 0 saturated carbocycles. The highest BCUT2D eigenvalue weighted by molar-refractivity contribution is 5.84. The van der Waals surface area contributed by atoms with E-state index in [4.69, 9.17) is 4.74 Å². The van der Waals surface area contributed by atoms with Crippen molar-refractivity contribution >= 4 is 17.0 Å². The summed E-state index contributed by atoms with van der Waals surface area (Å²) < 4.78 is 4.92. The van der Waals surface area contributed by atoms with Crippen LogP contribution in [0.15, 0.2) is 24.4 Å². The monoisotopic (exact) mass is 258 g/mol. The molecule has 4 heteroatoms. The molecule has 0 spiro atoms. The lowest BCUT2D eigenvalue weighted by atomic mass is 10.0. The first kappa shape index (κ1) is 12.1. The highest BCUT2D eigenvalue weighted by atomic mass is 16.6.